The van der Waals surface area contributed by atoms with Gasteiger partial charge in [0.1, 0.15) is 0 Å². The van der Waals surface area contributed by atoms with Gasteiger partial charge in [-0.15, -0.1) is 12.4 Å². The Morgan fingerprint density at radius 2 is 1.50 bits per heavy atom. The lowest BCUT2D eigenvalue weighted by atomic mass is 10.2. The molecule has 0 saturated heterocycles. The van der Waals surface area contributed by atoms with Crippen LogP contribution in [0.25, 0.3) is 0 Å². The lowest BCUT2D eigenvalue weighted by Gasteiger charge is -2.08. The van der Waals surface area contributed by atoms with Crippen molar-refractivity contribution in [2.24, 2.45) is 0 Å². The minimum Gasteiger partial charge on any atom is -0.478 e. The molecule has 0 aromatic heterocycles. The van der Waals surface area contributed by atoms with Crippen LogP contribution in [0.2, 0.25) is 0 Å². The Morgan fingerprint density at radius 3 is 1.94 bits per heavy atom. The zero-order valence-electron chi connectivity index (χ0n) is 9.63. The first-order valence-electron chi connectivity index (χ1n) is 4.64. The van der Waals surface area contributed by atoms with E-state index in [1.165, 1.54) is 19.1 Å². The van der Waals surface area contributed by atoms with E-state index in [1.807, 2.05) is 0 Å². The molecule has 0 radical (unpaired) electrons. The highest BCUT2D eigenvalue weighted by Gasteiger charge is 2.13. The minimum absolute atomic E-state index is 0. The number of carbonyl (C=O) groups excluding carboxylic acids is 2. The number of ether oxygens (including phenoxy) is 2. The second-order valence-electron chi connectivity index (χ2n) is 3.15. The molecule has 1 N–H and O–H groups in total. The van der Waals surface area contributed by atoms with Crippen LogP contribution in [0.5, 0.6) is 11.5 Å². The summed E-state index contributed by atoms with van der Waals surface area (Å²) in [5.74, 6) is -2.51. The Kier molecular flexibility index (Phi) is 5.84. The number of rotatable bonds is 3. The SMILES string of the molecule is CC(=O)Oc1ccc(C(=O)O)cc1OC(C)=O.Cl. The first-order chi connectivity index (χ1) is 7.90. The average molecular weight is 275 g/mol. The normalized spacial score (nSPS) is 9.00. The molecule has 0 aliphatic carbocycles. The van der Waals surface area contributed by atoms with E-state index in [2.05, 4.69) is 0 Å². The number of benzene rings is 1. The summed E-state index contributed by atoms with van der Waals surface area (Å²) in [7, 11) is 0. The summed E-state index contributed by atoms with van der Waals surface area (Å²) in [6.45, 7) is 2.34. The lowest BCUT2D eigenvalue weighted by Crippen LogP contribution is -2.08. The number of halogens is 1. The molecule has 0 unspecified atom stereocenters. The van der Waals surface area contributed by atoms with Crippen LogP contribution in [0, 0.1) is 0 Å². The number of carboxylic acids is 1. The summed E-state index contributed by atoms with van der Waals surface area (Å²) in [5.41, 5.74) is -0.0721. The van der Waals surface area contributed by atoms with Gasteiger partial charge in [0.25, 0.3) is 0 Å². The lowest BCUT2D eigenvalue weighted by molar-refractivity contribution is -0.134. The highest BCUT2D eigenvalue weighted by atomic mass is 35.5. The smallest absolute Gasteiger partial charge is 0.335 e. The number of carbonyl (C=O) groups is 3. The molecule has 1 rings (SSSR count). The van der Waals surface area contributed by atoms with Crippen LogP contribution in [0.15, 0.2) is 18.2 Å². The van der Waals surface area contributed by atoms with Gasteiger partial charge < -0.3 is 14.6 Å². The van der Waals surface area contributed by atoms with E-state index in [1.54, 1.807) is 0 Å². The minimum atomic E-state index is -1.17. The number of hydrogen-bond acceptors (Lipinski definition) is 5. The standard InChI is InChI=1S/C11H10O6.ClH/c1-6(12)16-9-4-3-8(11(14)15)5-10(9)17-7(2)13;/h3-5H,1-2H3,(H,14,15);1H. The van der Waals surface area contributed by atoms with E-state index < -0.39 is 17.9 Å². The quantitative estimate of drug-likeness (QED) is 0.666. The highest BCUT2D eigenvalue weighted by Crippen LogP contribution is 2.28. The third kappa shape index (κ3) is 4.42. The van der Waals surface area contributed by atoms with Crippen molar-refractivity contribution >= 4 is 30.3 Å². The zero-order valence-corrected chi connectivity index (χ0v) is 10.4. The molecule has 0 heterocycles. The van der Waals surface area contributed by atoms with Crippen LogP contribution in [0.4, 0.5) is 0 Å². The van der Waals surface area contributed by atoms with Gasteiger partial charge in [-0.1, -0.05) is 0 Å². The van der Waals surface area contributed by atoms with Gasteiger partial charge in [-0.25, -0.2) is 4.79 Å². The fourth-order valence-electron chi connectivity index (χ4n) is 1.11. The van der Waals surface area contributed by atoms with E-state index >= 15 is 0 Å². The van der Waals surface area contributed by atoms with Gasteiger partial charge in [-0.3, -0.25) is 9.59 Å². The zero-order chi connectivity index (χ0) is 13.0. The molecule has 0 aliphatic rings. The van der Waals surface area contributed by atoms with E-state index in [-0.39, 0.29) is 29.5 Å². The van der Waals surface area contributed by atoms with E-state index in [0.717, 1.165) is 13.0 Å². The highest BCUT2D eigenvalue weighted by molar-refractivity contribution is 5.89. The van der Waals surface area contributed by atoms with Crippen LogP contribution in [-0.2, 0) is 9.59 Å². The van der Waals surface area contributed by atoms with Gasteiger partial charge in [-0.05, 0) is 18.2 Å². The summed E-state index contributed by atoms with van der Waals surface area (Å²) in [5, 5.41) is 8.77. The molecule has 0 fully saturated rings. The first kappa shape index (κ1) is 15.9. The van der Waals surface area contributed by atoms with Crippen molar-refractivity contribution in [3.05, 3.63) is 23.8 Å². The summed E-state index contributed by atoms with van der Waals surface area (Å²) in [6.07, 6.45) is 0. The Morgan fingerprint density at radius 1 is 1.00 bits per heavy atom. The molecular formula is C11H11ClO6. The maximum atomic E-state index is 10.8. The summed E-state index contributed by atoms with van der Waals surface area (Å²) in [4.78, 5) is 32.3. The van der Waals surface area contributed by atoms with Crippen molar-refractivity contribution < 1.29 is 29.0 Å². The first-order valence-corrected chi connectivity index (χ1v) is 4.64. The van der Waals surface area contributed by atoms with Crippen molar-refractivity contribution in [3.8, 4) is 11.5 Å². The maximum Gasteiger partial charge on any atom is 0.335 e. The summed E-state index contributed by atoms with van der Waals surface area (Å²) in [6, 6.07) is 3.61. The molecule has 6 nitrogen and oxygen atoms in total. The molecule has 7 heteroatoms. The average Bonchev–Trinajstić information content (AvgIpc) is 2.18. The van der Waals surface area contributed by atoms with Gasteiger partial charge >= 0.3 is 17.9 Å². The van der Waals surface area contributed by atoms with Crippen LogP contribution in [-0.4, -0.2) is 23.0 Å². The Labute approximate surface area is 109 Å². The van der Waals surface area contributed by atoms with Crippen LogP contribution < -0.4 is 9.47 Å². The molecule has 0 saturated carbocycles. The number of esters is 2. The molecule has 0 aliphatic heterocycles. The largest absolute Gasteiger partial charge is 0.478 e. The van der Waals surface area contributed by atoms with Crippen molar-refractivity contribution in [3.63, 3.8) is 0 Å². The van der Waals surface area contributed by atoms with E-state index in [0.29, 0.717) is 0 Å². The molecule has 98 valence electrons. The third-order valence-corrected chi connectivity index (χ3v) is 1.70. The molecule has 1 aromatic carbocycles. The Bertz CT molecular complexity index is 482. The second kappa shape index (κ2) is 6.61. The maximum absolute atomic E-state index is 10.8. The van der Waals surface area contributed by atoms with Crippen LogP contribution >= 0.6 is 12.4 Å². The van der Waals surface area contributed by atoms with Crippen molar-refractivity contribution in [1.29, 1.82) is 0 Å². The Hall–Kier alpha value is -2.08. The fourth-order valence-corrected chi connectivity index (χ4v) is 1.11. The van der Waals surface area contributed by atoms with Crippen molar-refractivity contribution in [1.82, 2.24) is 0 Å². The molecule has 1 aromatic rings. The van der Waals surface area contributed by atoms with Gasteiger partial charge in [-0.2, -0.15) is 0 Å². The molecular weight excluding hydrogens is 264 g/mol. The van der Waals surface area contributed by atoms with Crippen molar-refractivity contribution in [2.75, 3.05) is 0 Å². The fraction of sp³-hybridized carbons (Fsp3) is 0.182. The Balaban J connectivity index is 0.00000289. The second-order valence-corrected chi connectivity index (χ2v) is 3.15. The van der Waals surface area contributed by atoms with Gasteiger partial charge in [0.15, 0.2) is 11.5 Å². The molecule has 0 amide bonds. The van der Waals surface area contributed by atoms with E-state index in [9.17, 15) is 14.4 Å². The number of carboxylic acid groups (broad SMARTS) is 1. The third-order valence-electron chi connectivity index (χ3n) is 1.70. The molecule has 0 atom stereocenters. The molecule has 18 heavy (non-hydrogen) atoms. The predicted octanol–water partition coefficient (Wildman–Crippen LogP) is 1.66. The van der Waals surface area contributed by atoms with Crippen molar-refractivity contribution in [2.45, 2.75) is 13.8 Å². The van der Waals surface area contributed by atoms with Gasteiger partial charge in [0.05, 0.1) is 5.56 Å². The molecule has 0 bridgehead atoms. The van der Waals surface area contributed by atoms with Gasteiger partial charge in [0.2, 0.25) is 0 Å². The summed E-state index contributed by atoms with van der Waals surface area (Å²) < 4.78 is 9.53. The van der Waals surface area contributed by atoms with Crippen LogP contribution in [0.3, 0.4) is 0 Å². The summed E-state index contributed by atoms with van der Waals surface area (Å²) >= 11 is 0. The topological polar surface area (TPSA) is 89.9 Å². The molecule has 0 spiro atoms. The number of aromatic carboxylic acids is 1. The monoisotopic (exact) mass is 274 g/mol. The van der Waals surface area contributed by atoms with E-state index in [4.69, 9.17) is 14.6 Å². The predicted molar refractivity (Wildman–Crippen MR) is 63.3 cm³/mol. The van der Waals surface area contributed by atoms with Gasteiger partial charge in [0, 0.05) is 13.8 Å². The van der Waals surface area contributed by atoms with Crippen LogP contribution in [0.1, 0.15) is 24.2 Å². The number of hydrogen-bond donors (Lipinski definition) is 1.